The Morgan fingerprint density at radius 3 is 2.96 bits per heavy atom. The van der Waals surface area contributed by atoms with E-state index in [4.69, 9.17) is 0 Å². The number of pyridine rings is 1. The number of fused-ring (bicyclic) bond motifs is 2. The molecule has 3 aromatic rings. The summed E-state index contributed by atoms with van der Waals surface area (Å²) in [6.07, 6.45) is 4.31. The summed E-state index contributed by atoms with van der Waals surface area (Å²) in [6.45, 7) is 4.68. The Bertz CT molecular complexity index is 1080. The van der Waals surface area contributed by atoms with Gasteiger partial charge in [0.2, 0.25) is 0 Å². The first-order valence-corrected chi connectivity index (χ1v) is 9.83. The van der Waals surface area contributed by atoms with Crippen LogP contribution in [0.15, 0.2) is 24.3 Å². The van der Waals surface area contributed by atoms with Gasteiger partial charge in [0.1, 0.15) is 11.6 Å². The van der Waals surface area contributed by atoms with Crippen LogP contribution < -0.4 is 4.90 Å². The van der Waals surface area contributed by atoms with Gasteiger partial charge in [-0.2, -0.15) is 0 Å². The number of non-ortho nitro benzene ring substituents is 1. The van der Waals surface area contributed by atoms with Gasteiger partial charge in [0.05, 0.1) is 4.92 Å². The molecule has 0 bridgehead atoms. The fourth-order valence-electron chi connectivity index (χ4n) is 4.63. The maximum absolute atomic E-state index is 11.5. The van der Waals surface area contributed by atoms with Gasteiger partial charge in [0.15, 0.2) is 5.52 Å². The Kier molecular flexibility index (Phi) is 3.99. The molecule has 28 heavy (non-hydrogen) atoms. The molecule has 2 aliphatic heterocycles. The smallest absolute Gasteiger partial charge is 0.295 e. The molecule has 1 fully saturated rings. The molecule has 2 aliphatic rings. The van der Waals surface area contributed by atoms with Crippen LogP contribution in [0.1, 0.15) is 42.5 Å². The van der Waals surface area contributed by atoms with Gasteiger partial charge in [0.25, 0.3) is 5.69 Å². The fourth-order valence-corrected chi connectivity index (χ4v) is 4.63. The zero-order valence-corrected chi connectivity index (χ0v) is 15.8. The normalized spacial score (nSPS) is 19.2. The standard InChI is InChI=1S/C20H22N6O2/c1-13-11-17(15-6-2-7-16(26(27)28)19(15)21-13)24-9-3-5-14(12-24)20-23-22-18-8-4-10-25(18)20/h2,6-7,11,14H,3-5,8-10,12H2,1H3. The van der Waals surface area contributed by atoms with Gasteiger partial charge < -0.3 is 9.47 Å². The molecule has 0 saturated carbocycles. The Labute approximate surface area is 162 Å². The highest BCUT2D eigenvalue weighted by atomic mass is 16.6. The molecule has 144 valence electrons. The summed E-state index contributed by atoms with van der Waals surface area (Å²) in [5.41, 5.74) is 2.35. The van der Waals surface area contributed by atoms with Crippen molar-refractivity contribution in [3.05, 3.63) is 51.7 Å². The molecule has 0 aliphatic carbocycles. The number of nitro benzene ring substituents is 1. The zero-order chi connectivity index (χ0) is 19.3. The van der Waals surface area contributed by atoms with Crippen molar-refractivity contribution < 1.29 is 4.92 Å². The lowest BCUT2D eigenvalue weighted by atomic mass is 9.96. The first-order chi connectivity index (χ1) is 13.6. The number of nitrogens with zero attached hydrogens (tertiary/aromatic N) is 6. The van der Waals surface area contributed by atoms with E-state index < -0.39 is 0 Å². The third-order valence-electron chi connectivity index (χ3n) is 5.89. The minimum absolute atomic E-state index is 0.0614. The van der Waals surface area contributed by atoms with E-state index in [1.54, 1.807) is 6.07 Å². The monoisotopic (exact) mass is 378 g/mol. The van der Waals surface area contributed by atoms with Gasteiger partial charge in [-0.15, -0.1) is 10.2 Å². The number of aryl methyl sites for hydroxylation is 2. The highest BCUT2D eigenvalue weighted by molar-refractivity contribution is 5.97. The van der Waals surface area contributed by atoms with E-state index in [1.807, 2.05) is 19.1 Å². The second-order valence-corrected chi connectivity index (χ2v) is 7.73. The van der Waals surface area contributed by atoms with Crippen molar-refractivity contribution in [1.82, 2.24) is 19.7 Å². The van der Waals surface area contributed by atoms with Crippen LogP contribution in [-0.2, 0) is 13.0 Å². The summed E-state index contributed by atoms with van der Waals surface area (Å²) < 4.78 is 2.29. The molecular formula is C20H22N6O2. The van der Waals surface area contributed by atoms with Gasteiger partial charge in [-0.25, -0.2) is 4.98 Å². The number of anilines is 1. The minimum Gasteiger partial charge on any atom is -0.370 e. The van der Waals surface area contributed by atoms with Gasteiger partial charge in [-0.1, -0.05) is 12.1 Å². The largest absolute Gasteiger partial charge is 0.370 e. The van der Waals surface area contributed by atoms with E-state index in [2.05, 4.69) is 24.6 Å². The second-order valence-electron chi connectivity index (χ2n) is 7.73. The van der Waals surface area contributed by atoms with Crippen molar-refractivity contribution in [3.63, 3.8) is 0 Å². The molecule has 1 unspecified atom stereocenters. The molecule has 0 amide bonds. The summed E-state index contributed by atoms with van der Waals surface area (Å²) in [4.78, 5) is 17.9. The number of nitro groups is 1. The van der Waals surface area contributed by atoms with E-state index in [-0.39, 0.29) is 10.6 Å². The molecule has 8 heteroatoms. The first-order valence-electron chi connectivity index (χ1n) is 9.83. The molecular weight excluding hydrogens is 356 g/mol. The maximum Gasteiger partial charge on any atom is 0.295 e. The number of rotatable bonds is 3. The molecule has 4 heterocycles. The van der Waals surface area contributed by atoms with Crippen LogP contribution in [0, 0.1) is 17.0 Å². The van der Waals surface area contributed by atoms with Crippen LogP contribution in [0.5, 0.6) is 0 Å². The molecule has 1 aromatic carbocycles. The maximum atomic E-state index is 11.5. The predicted octanol–water partition coefficient (Wildman–Crippen LogP) is 3.37. The number of benzene rings is 1. The Morgan fingerprint density at radius 1 is 1.21 bits per heavy atom. The number of hydrogen-bond acceptors (Lipinski definition) is 6. The van der Waals surface area contributed by atoms with Crippen LogP contribution in [0.2, 0.25) is 0 Å². The second kappa shape index (κ2) is 6.54. The van der Waals surface area contributed by atoms with Crippen molar-refractivity contribution >= 4 is 22.3 Å². The van der Waals surface area contributed by atoms with Gasteiger partial charge in [-0.05, 0) is 32.3 Å². The first kappa shape index (κ1) is 17.1. The summed E-state index contributed by atoms with van der Waals surface area (Å²) in [5, 5.41) is 21.2. The van der Waals surface area contributed by atoms with E-state index in [1.165, 1.54) is 6.07 Å². The SMILES string of the molecule is Cc1cc(N2CCCC(c3nnc4n3CCC4)C2)c2cccc([N+](=O)[O-])c2n1. The third-order valence-corrected chi connectivity index (χ3v) is 5.89. The van der Waals surface area contributed by atoms with Gasteiger partial charge >= 0.3 is 0 Å². The van der Waals surface area contributed by atoms with E-state index in [9.17, 15) is 10.1 Å². The average Bonchev–Trinajstić information content (AvgIpc) is 3.30. The summed E-state index contributed by atoms with van der Waals surface area (Å²) in [5.74, 6) is 2.53. The van der Waals surface area contributed by atoms with Crippen LogP contribution in [0.4, 0.5) is 11.4 Å². The number of para-hydroxylation sites is 1. The summed E-state index contributed by atoms with van der Waals surface area (Å²) in [6, 6.07) is 7.25. The molecule has 0 radical (unpaired) electrons. The number of piperidine rings is 1. The molecule has 0 spiro atoms. The van der Waals surface area contributed by atoms with Crippen molar-refractivity contribution in [2.45, 2.75) is 45.1 Å². The topological polar surface area (TPSA) is 90.0 Å². The number of aromatic nitrogens is 4. The lowest BCUT2D eigenvalue weighted by molar-refractivity contribution is -0.383. The van der Waals surface area contributed by atoms with E-state index >= 15 is 0 Å². The average molecular weight is 378 g/mol. The van der Waals surface area contributed by atoms with Gasteiger partial charge in [0, 0.05) is 54.8 Å². The van der Waals surface area contributed by atoms with Crippen LogP contribution in [-0.4, -0.2) is 37.8 Å². The van der Waals surface area contributed by atoms with Crippen LogP contribution in [0.25, 0.3) is 10.9 Å². The number of hydrogen-bond donors (Lipinski definition) is 0. The molecule has 2 aromatic heterocycles. The van der Waals surface area contributed by atoms with Crippen molar-refractivity contribution in [1.29, 1.82) is 0 Å². The molecule has 1 atom stereocenters. The predicted molar refractivity (Wildman–Crippen MR) is 106 cm³/mol. The van der Waals surface area contributed by atoms with Crippen LogP contribution >= 0.6 is 0 Å². The Balaban J connectivity index is 1.54. The molecule has 1 saturated heterocycles. The Hall–Kier alpha value is -3.03. The van der Waals surface area contributed by atoms with Gasteiger partial charge in [-0.3, -0.25) is 10.1 Å². The highest BCUT2D eigenvalue weighted by Gasteiger charge is 2.29. The lowest BCUT2D eigenvalue weighted by Gasteiger charge is -2.34. The zero-order valence-electron chi connectivity index (χ0n) is 15.8. The van der Waals surface area contributed by atoms with Crippen molar-refractivity contribution in [2.75, 3.05) is 18.0 Å². The fraction of sp³-hybridized carbons (Fsp3) is 0.450. The Morgan fingerprint density at radius 2 is 2.11 bits per heavy atom. The summed E-state index contributed by atoms with van der Waals surface area (Å²) in [7, 11) is 0. The molecule has 0 N–H and O–H groups in total. The van der Waals surface area contributed by atoms with E-state index in [0.29, 0.717) is 11.4 Å². The third kappa shape index (κ3) is 2.71. The quantitative estimate of drug-likeness (QED) is 0.513. The minimum atomic E-state index is -0.350. The molecule has 8 nitrogen and oxygen atoms in total. The van der Waals surface area contributed by atoms with E-state index in [0.717, 1.165) is 73.7 Å². The lowest BCUT2D eigenvalue weighted by Crippen LogP contribution is -2.35. The highest BCUT2D eigenvalue weighted by Crippen LogP contribution is 2.36. The molecule has 5 rings (SSSR count). The summed E-state index contributed by atoms with van der Waals surface area (Å²) >= 11 is 0. The van der Waals surface area contributed by atoms with Crippen LogP contribution in [0.3, 0.4) is 0 Å². The van der Waals surface area contributed by atoms with Crippen molar-refractivity contribution in [2.24, 2.45) is 0 Å². The van der Waals surface area contributed by atoms with Crippen molar-refractivity contribution in [3.8, 4) is 0 Å².